The number of ether oxygens (including phenoxy) is 1. The fourth-order valence-corrected chi connectivity index (χ4v) is 6.05. The summed E-state index contributed by atoms with van der Waals surface area (Å²) in [6.07, 6.45) is 4.16. The monoisotopic (exact) mass is 655 g/mol. The minimum absolute atomic E-state index is 0.0283. The summed E-state index contributed by atoms with van der Waals surface area (Å²) in [7, 11) is 1.55. The number of carbonyl (C=O) groups excluding carboxylic acids is 3. The highest BCUT2D eigenvalue weighted by Crippen LogP contribution is 2.40. The van der Waals surface area contributed by atoms with Crippen molar-refractivity contribution in [1.29, 1.82) is 0 Å². The molecule has 1 aliphatic heterocycles. The summed E-state index contributed by atoms with van der Waals surface area (Å²) in [6, 6.07) is 19.7. The molecule has 1 fully saturated rings. The van der Waals surface area contributed by atoms with Crippen LogP contribution in [-0.4, -0.2) is 75.9 Å². The van der Waals surface area contributed by atoms with Crippen molar-refractivity contribution in [3.05, 3.63) is 120 Å². The highest BCUT2D eigenvalue weighted by atomic mass is 19.1. The second-order valence-electron chi connectivity index (χ2n) is 12.0. The van der Waals surface area contributed by atoms with Gasteiger partial charge in [-0.05, 0) is 60.4 Å². The van der Waals surface area contributed by atoms with Crippen LogP contribution in [0.4, 0.5) is 4.39 Å². The Hall–Kier alpha value is -5.52. The maximum Gasteiger partial charge on any atom is 0.303 e. The second-order valence-corrected chi connectivity index (χ2v) is 12.0. The predicted molar refractivity (Wildman–Crippen MR) is 175 cm³/mol. The third-order valence-electron chi connectivity index (χ3n) is 8.65. The van der Waals surface area contributed by atoms with E-state index in [9.17, 15) is 28.7 Å². The number of nitrogens with one attached hydrogen (secondary N) is 3. The SMILES string of the molecule is COc1ccc(C[C@H](NC(=O)[C@H](Cc2cnc[nH]2)NC(=O)c2ccccc2)C(=O)N2CC(CCCC(=O)O)(c3ccc(F)cc3)C2)cc1. The van der Waals surface area contributed by atoms with Crippen LogP contribution in [0.5, 0.6) is 5.75 Å². The summed E-state index contributed by atoms with van der Waals surface area (Å²) < 4.78 is 19.1. The summed E-state index contributed by atoms with van der Waals surface area (Å²) in [5, 5.41) is 14.9. The van der Waals surface area contributed by atoms with Crippen LogP contribution < -0.4 is 15.4 Å². The van der Waals surface area contributed by atoms with E-state index in [-0.39, 0.29) is 38.3 Å². The summed E-state index contributed by atoms with van der Waals surface area (Å²) in [5.74, 6) is -1.98. The second kappa shape index (κ2) is 15.4. The lowest BCUT2D eigenvalue weighted by Gasteiger charge is -2.52. The van der Waals surface area contributed by atoms with Gasteiger partial charge < -0.3 is 30.4 Å². The Balaban J connectivity index is 1.38. The molecule has 0 saturated carbocycles. The number of imidazole rings is 1. The predicted octanol–water partition coefficient (Wildman–Crippen LogP) is 3.66. The van der Waals surface area contributed by atoms with E-state index in [2.05, 4.69) is 20.6 Å². The number of nitrogens with zero attached hydrogens (tertiary/aromatic N) is 2. The zero-order valence-corrected chi connectivity index (χ0v) is 26.5. The number of hydrogen-bond donors (Lipinski definition) is 4. The maximum atomic E-state index is 14.2. The van der Waals surface area contributed by atoms with Gasteiger partial charge in [0.2, 0.25) is 11.8 Å². The normalized spacial score (nSPS) is 14.7. The topological polar surface area (TPSA) is 154 Å². The Morgan fingerprint density at radius 2 is 1.67 bits per heavy atom. The van der Waals surface area contributed by atoms with Gasteiger partial charge in [0.25, 0.3) is 5.91 Å². The number of H-pyrrole nitrogens is 1. The lowest BCUT2D eigenvalue weighted by atomic mass is 9.70. The van der Waals surface area contributed by atoms with Crippen molar-refractivity contribution in [2.75, 3.05) is 20.2 Å². The van der Waals surface area contributed by atoms with Crippen molar-refractivity contribution in [1.82, 2.24) is 25.5 Å². The number of aromatic amines is 1. The molecule has 4 aromatic rings. The number of halogens is 1. The quantitative estimate of drug-likeness (QED) is 0.153. The largest absolute Gasteiger partial charge is 0.497 e. The third-order valence-corrected chi connectivity index (χ3v) is 8.65. The number of aliphatic carboxylic acids is 1. The summed E-state index contributed by atoms with van der Waals surface area (Å²) in [6.45, 7) is 0.544. The lowest BCUT2D eigenvalue weighted by molar-refractivity contribution is -0.144. The van der Waals surface area contributed by atoms with Crippen molar-refractivity contribution < 1.29 is 33.4 Å². The standard InChI is InChI=1S/C36H38FN5O6/c1-48-29-15-9-24(10-16-29)18-31(35(47)42-21-36(22-42,17-5-8-32(43)44)26-11-13-27(37)14-12-26)41-34(46)30(19-28-20-38-23-39-28)40-33(45)25-6-3-2-4-7-25/h2-4,6-7,9-16,20,23,30-31H,5,8,17-19,21-22H2,1H3,(H,38,39)(H,40,45)(H,41,46)(H,43,44)/t30-,31-/m0/s1. The molecule has 5 rings (SSSR count). The zero-order chi connectivity index (χ0) is 34.1. The molecule has 3 amide bonds. The summed E-state index contributed by atoms with van der Waals surface area (Å²) >= 11 is 0. The van der Waals surface area contributed by atoms with Crippen molar-refractivity contribution in [3.8, 4) is 5.75 Å². The Bertz CT molecular complexity index is 1690. The molecule has 0 radical (unpaired) electrons. The number of rotatable bonds is 15. The Morgan fingerprint density at radius 1 is 0.958 bits per heavy atom. The van der Waals surface area contributed by atoms with Crippen LogP contribution in [0.3, 0.4) is 0 Å². The average Bonchev–Trinajstić information content (AvgIpc) is 3.59. The van der Waals surface area contributed by atoms with Crippen LogP contribution in [0.25, 0.3) is 0 Å². The van der Waals surface area contributed by atoms with Crippen molar-refractivity contribution in [2.24, 2.45) is 0 Å². The van der Waals surface area contributed by atoms with Crippen LogP contribution in [0.15, 0.2) is 91.4 Å². The first kappa shape index (κ1) is 33.8. The lowest BCUT2D eigenvalue weighted by Crippen LogP contribution is -2.65. The van der Waals surface area contributed by atoms with Gasteiger partial charge in [-0.25, -0.2) is 9.37 Å². The maximum absolute atomic E-state index is 14.2. The number of benzene rings is 3. The minimum atomic E-state index is -1.03. The number of carbonyl (C=O) groups is 4. The minimum Gasteiger partial charge on any atom is -0.497 e. The summed E-state index contributed by atoms with van der Waals surface area (Å²) in [5.41, 5.74) is 2.04. The van der Waals surface area contributed by atoms with Gasteiger partial charge in [-0.2, -0.15) is 0 Å². The van der Waals surface area contributed by atoms with Crippen molar-refractivity contribution >= 4 is 23.7 Å². The van der Waals surface area contributed by atoms with Crippen LogP contribution in [0.1, 0.15) is 46.4 Å². The Kier molecular flexibility index (Phi) is 10.8. The molecular weight excluding hydrogens is 617 g/mol. The molecule has 1 saturated heterocycles. The van der Waals surface area contributed by atoms with Crippen LogP contribution >= 0.6 is 0 Å². The van der Waals surface area contributed by atoms with E-state index in [1.54, 1.807) is 72.8 Å². The molecule has 0 aliphatic carbocycles. The number of carboxylic acid groups (broad SMARTS) is 1. The first-order chi connectivity index (χ1) is 23.2. The molecule has 250 valence electrons. The van der Waals surface area contributed by atoms with Gasteiger partial charge in [-0.3, -0.25) is 19.2 Å². The number of aromatic nitrogens is 2. The van der Waals surface area contributed by atoms with Crippen molar-refractivity contribution in [3.63, 3.8) is 0 Å². The van der Waals surface area contributed by atoms with Gasteiger partial charge in [0.15, 0.2) is 0 Å². The zero-order valence-electron chi connectivity index (χ0n) is 26.5. The molecule has 48 heavy (non-hydrogen) atoms. The molecule has 1 aliphatic rings. The van der Waals surface area contributed by atoms with E-state index in [1.807, 2.05) is 12.1 Å². The Labute approximate surface area is 277 Å². The summed E-state index contributed by atoms with van der Waals surface area (Å²) in [4.78, 5) is 61.1. The van der Waals surface area contributed by atoms with E-state index >= 15 is 0 Å². The average molecular weight is 656 g/mol. The van der Waals surface area contributed by atoms with E-state index in [0.29, 0.717) is 29.8 Å². The van der Waals surface area contributed by atoms with E-state index < -0.39 is 41.1 Å². The van der Waals surface area contributed by atoms with Gasteiger partial charge in [0, 0.05) is 55.2 Å². The first-order valence-electron chi connectivity index (χ1n) is 15.7. The molecule has 2 atom stereocenters. The third kappa shape index (κ3) is 8.44. The van der Waals surface area contributed by atoms with E-state index in [4.69, 9.17) is 4.74 Å². The fraction of sp³-hybridized carbons (Fsp3) is 0.306. The van der Waals surface area contributed by atoms with Crippen LogP contribution in [0, 0.1) is 5.82 Å². The van der Waals surface area contributed by atoms with Crippen LogP contribution in [0.2, 0.25) is 0 Å². The molecule has 12 heteroatoms. The molecule has 4 N–H and O–H groups in total. The van der Waals surface area contributed by atoms with Gasteiger partial charge in [0.1, 0.15) is 23.7 Å². The first-order valence-corrected chi connectivity index (χ1v) is 15.7. The smallest absolute Gasteiger partial charge is 0.303 e. The molecule has 3 aromatic carbocycles. The van der Waals surface area contributed by atoms with Gasteiger partial charge >= 0.3 is 5.97 Å². The molecular formula is C36H38FN5O6. The van der Waals surface area contributed by atoms with Crippen LogP contribution in [-0.2, 0) is 32.6 Å². The van der Waals surface area contributed by atoms with Gasteiger partial charge in [-0.15, -0.1) is 0 Å². The Morgan fingerprint density at radius 3 is 2.29 bits per heavy atom. The number of hydrogen-bond acceptors (Lipinski definition) is 6. The van der Waals surface area contributed by atoms with Crippen molar-refractivity contribution in [2.45, 2.75) is 49.6 Å². The highest BCUT2D eigenvalue weighted by molar-refractivity contribution is 5.98. The van der Waals surface area contributed by atoms with Gasteiger partial charge in [0.05, 0.1) is 13.4 Å². The van der Waals surface area contributed by atoms with E-state index in [1.165, 1.54) is 18.5 Å². The molecule has 0 unspecified atom stereocenters. The van der Waals surface area contributed by atoms with E-state index in [0.717, 1.165) is 11.1 Å². The number of amides is 3. The molecule has 0 spiro atoms. The highest BCUT2D eigenvalue weighted by Gasteiger charge is 2.47. The number of methoxy groups -OCH3 is 1. The number of likely N-dealkylation sites (tertiary alicyclic amines) is 1. The van der Waals surface area contributed by atoms with Gasteiger partial charge in [-0.1, -0.05) is 42.5 Å². The fourth-order valence-electron chi connectivity index (χ4n) is 6.05. The number of carboxylic acids is 1. The molecule has 1 aromatic heterocycles. The molecule has 2 heterocycles. The molecule has 11 nitrogen and oxygen atoms in total. The molecule has 0 bridgehead atoms.